The summed E-state index contributed by atoms with van der Waals surface area (Å²) in [6, 6.07) is 38.1. The summed E-state index contributed by atoms with van der Waals surface area (Å²) >= 11 is 0. The van der Waals surface area contributed by atoms with E-state index in [-0.39, 0.29) is 0 Å². The molecule has 4 aromatic carbocycles. The maximum absolute atomic E-state index is 2.20. The Kier molecular flexibility index (Phi) is 10.2. The smallest absolute Gasteiger partial charge is 0.0229 e. The topological polar surface area (TPSA) is 0 Å². The van der Waals surface area contributed by atoms with Crippen LogP contribution in [-0.2, 0) is 12.8 Å². The van der Waals surface area contributed by atoms with Gasteiger partial charge in [0.05, 0.1) is 0 Å². The Labute approximate surface area is 188 Å². The lowest BCUT2D eigenvalue weighted by molar-refractivity contribution is 0.821. The van der Waals surface area contributed by atoms with Crippen LogP contribution in [0.3, 0.4) is 0 Å². The lowest BCUT2D eigenvalue weighted by atomic mass is 10.0. The Morgan fingerprint density at radius 2 is 0.967 bits per heavy atom. The van der Waals surface area contributed by atoms with Gasteiger partial charge in [-0.2, -0.15) is 0 Å². The second-order valence-corrected chi connectivity index (χ2v) is 9.24. The molecule has 0 nitrogen and oxygen atoms in total. The van der Waals surface area contributed by atoms with Gasteiger partial charge >= 0.3 is 0 Å². The van der Waals surface area contributed by atoms with Crippen LogP contribution < -0.4 is 0 Å². The van der Waals surface area contributed by atoms with Gasteiger partial charge in [-0.15, -0.1) is 0 Å². The van der Waals surface area contributed by atoms with Gasteiger partial charge < -0.3 is 0 Å². The molecule has 1 aliphatic rings. The highest BCUT2D eigenvalue weighted by atomic mass is 33.1. The van der Waals surface area contributed by atoms with Gasteiger partial charge in [0.25, 0.3) is 0 Å². The number of benzene rings is 4. The molecule has 0 unspecified atom stereocenters. The molecule has 0 spiro atoms. The summed E-state index contributed by atoms with van der Waals surface area (Å²) in [4.78, 5) is 0. The monoisotopic (exact) mass is 428 g/mol. The lowest BCUT2D eigenvalue weighted by Gasteiger charge is -2.01. The third-order valence-electron chi connectivity index (χ3n) is 4.66. The minimum absolute atomic E-state index is 1.18. The zero-order chi connectivity index (χ0) is 20.7. The van der Waals surface area contributed by atoms with E-state index in [1.54, 1.807) is 0 Å². The fraction of sp³-hybridized carbons (Fsp3) is 0.143. The van der Waals surface area contributed by atoms with Gasteiger partial charge in [-0.1, -0.05) is 137 Å². The van der Waals surface area contributed by atoms with Crippen molar-refractivity contribution in [3.63, 3.8) is 0 Å². The minimum Gasteiger partial charge on any atom is -0.0854 e. The van der Waals surface area contributed by atoms with E-state index >= 15 is 0 Å². The van der Waals surface area contributed by atoms with Crippen LogP contribution in [0, 0.1) is 0 Å². The first-order valence-electron chi connectivity index (χ1n) is 10.4. The number of fused-ring (bicyclic) bond motifs is 1. The Morgan fingerprint density at radius 1 is 0.533 bits per heavy atom. The summed E-state index contributed by atoms with van der Waals surface area (Å²) in [6.07, 6.45) is 5.74. The van der Waals surface area contributed by atoms with E-state index in [1.165, 1.54) is 46.9 Å². The third kappa shape index (κ3) is 8.52. The van der Waals surface area contributed by atoms with Gasteiger partial charge in [0.2, 0.25) is 0 Å². The maximum atomic E-state index is 2.20. The molecule has 5 rings (SSSR count). The molecule has 4 aromatic rings. The van der Waals surface area contributed by atoms with Crippen molar-refractivity contribution in [2.45, 2.75) is 19.3 Å². The Hall–Kier alpha value is -2.42. The van der Waals surface area contributed by atoms with E-state index in [0.717, 1.165) is 0 Å². The zero-order valence-electron chi connectivity index (χ0n) is 17.2. The Bertz CT molecular complexity index is 883. The van der Waals surface area contributed by atoms with Crippen molar-refractivity contribution in [1.82, 2.24) is 0 Å². The first kappa shape index (κ1) is 22.3. The van der Waals surface area contributed by atoms with E-state index < -0.39 is 0 Å². The van der Waals surface area contributed by atoms with Gasteiger partial charge in [0.1, 0.15) is 0 Å². The van der Waals surface area contributed by atoms with Gasteiger partial charge in [-0.05, 0) is 46.6 Å². The SMILES string of the molecule is C1=CSSC1.c1ccc(CCCc2ccccc2)cc1.c1ccc2ccccc2c1. The molecule has 0 aliphatic carbocycles. The molecule has 0 saturated heterocycles. The largest absolute Gasteiger partial charge is 0.0854 e. The molecule has 0 bridgehead atoms. The number of hydrogen-bond donors (Lipinski definition) is 0. The van der Waals surface area contributed by atoms with E-state index in [1.807, 2.05) is 21.6 Å². The number of hydrogen-bond acceptors (Lipinski definition) is 2. The Morgan fingerprint density at radius 3 is 1.30 bits per heavy atom. The van der Waals surface area contributed by atoms with Crippen LogP contribution in [0.4, 0.5) is 0 Å². The average molecular weight is 429 g/mol. The highest BCUT2D eigenvalue weighted by Gasteiger charge is 1.94. The van der Waals surface area contributed by atoms with Crippen molar-refractivity contribution in [2.24, 2.45) is 0 Å². The second kappa shape index (κ2) is 13.7. The number of aryl methyl sites for hydroxylation is 2. The van der Waals surface area contributed by atoms with Crippen molar-refractivity contribution in [3.8, 4) is 0 Å². The molecule has 0 N–H and O–H groups in total. The van der Waals surface area contributed by atoms with Gasteiger partial charge in [0.15, 0.2) is 0 Å². The predicted octanol–water partition coefficient (Wildman–Crippen LogP) is 8.60. The molecule has 0 radical (unpaired) electrons. The molecule has 2 heteroatoms. The van der Waals surface area contributed by atoms with Crippen molar-refractivity contribution in [2.75, 3.05) is 5.75 Å². The van der Waals surface area contributed by atoms with Crippen LogP contribution in [0.15, 0.2) is 121 Å². The van der Waals surface area contributed by atoms with E-state index in [4.69, 9.17) is 0 Å². The first-order chi connectivity index (χ1) is 14.9. The first-order valence-corrected chi connectivity index (χ1v) is 12.7. The molecule has 0 aromatic heterocycles. The summed E-state index contributed by atoms with van der Waals surface area (Å²) < 4.78 is 0. The highest BCUT2D eigenvalue weighted by Crippen LogP contribution is 2.27. The molecule has 0 saturated carbocycles. The average Bonchev–Trinajstić information content (AvgIpc) is 3.42. The number of rotatable bonds is 4. The summed E-state index contributed by atoms with van der Waals surface area (Å²) in [6.45, 7) is 0. The fourth-order valence-corrected chi connectivity index (χ4v) is 4.69. The standard InChI is InChI=1S/C15H16.C10H8.C3H4S2/c1-3-8-14(9-4-1)12-7-13-15-10-5-2-6-11-15;1-2-6-10-8-4-3-7-9(10)5-1;1-2-4-5-3-1/h1-6,8-11H,7,12-13H2;1-8H;1-2H,3H2. The summed E-state index contributed by atoms with van der Waals surface area (Å²) in [5.41, 5.74) is 2.88. The van der Waals surface area contributed by atoms with E-state index in [2.05, 4.69) is 121 Å². The highest BCUT2D eigenvalue weighted by molar-refractivity contribution is 8.78. The maximum Gasteiger partial charge on any atom is 0.0229 e. The predicted molar refractivity (Wildman–Crippen MR) is 138 cm³/mol. The molecule has 0 atom stereocenters. The second-order valence-electron chi connectivity index (χ2n) is 6.92. The van der Waals surface area contributed by atoms with Crippen molar-refractivity contribution in [3.05, 3.63) is 132 Å². The van der Waals surface area contributed by atoms with Gasteiger partial charge in [0, 0.05) is 5.75 Å². The van der Waals surface area contributed by atoms with Gasteiger partial charge in [-0.25, -0.2) is 0 Å². The van der Waals surface area contributed by atoms with Crippen molar-refractivity contribution < 1.29 is 0 Å². The molecule has 30 heavy (non-hydrogen) atoms. The van der Waals surface area contributed by atoms with Crippen LogP contribution in [-0.4, -0.2) is 5.75 Å². The summed E-state index contributed by atoms with van der Waals surface area (Å²) in [5, 5.41) is 4.74. The van der Waals surface area contributed by atoms with Gasteiger partial charge in [-0.3, -0.25) is 0 Å². The minimum atomic E-state index is 1.18. The summed E-state index contributed by atoms with van der Waals surface area (Å²) in [5.74, 6) is 1.20. The van der Waals surface area contributed by atoms with Crippen LogP contribution in [0.1, 0.15) is 17.5 Å². The molecule has 0 fully saturated rings. The van der Waals surface area contributed by atoms with Crippen LogP contribution >= 0.6 is 21.6 Å². The Balaban J connectivity index is 0.000000145. The molecule has 1 aliphatic heterocycles. The fourth-order valence-electron chi connectivity index (χ4n) is 3.12. The molecular formula is C28H28S2. The van der Waals surface area contributed by atoms with E-state index in [9.17, 15) is 0 Å². The van der Waals surface area contributed by atoms with Crippen LogP contribution in [0.2, 0.25) is 0 Å². The quantitative estimate of drug-likeness (QED) is 0.298. The zero-order valence-corrected chi connectivity index (χ0v) is 18.8. The lowest BCUT2D eigenvalue weighted by Crippen LogP contribution is -1.89. The molecule has 152 valence electrons. The van der Waals surface area contributed by atoms with Crippen LogP contribution in [0.5, 0.6) is 0 Å². The molecule has 0 amide bonds. The molecular weight excluding hydrogens is 400 g/mol. The van der Waals surface area contributed by atoms with Crippen molar-refractivity contribution >= 4 is 32.4 Å². The van der Waals surface area contributed by atoms with Crippen LogP contribution in [0.25, 0.3) is 10.8 Å². The third-order valence-corrected chi connectivity index (χ3v) is 6.58. The van der Waals surface area contributed by atoms with E-state index in [0.29, 0.717) is 0 Å². The normalized spacial score (nSPS) is 11.9. The molecule has 1 heterocycles. The van der Waals surface area contributed by atoms with Crippen molar-refractivity contribution in [1.29, 1.82) is 0 Å². The summed E-state index contributed by atoms with van der Waals surface area (Å²) in [7, 11) is 3.69.